The summed E-state index contributed by atoms with van der Waals surface area (Å²) < 4.78 is 2.09. The molecular formula is C26H41N5O. The largest absolute Gasteiger partial charge is 0.354 e. The highest BCUT2D eigenvalue weighted by Gasteiger charge is 2.29. The molecule has 0 radical (unpaired) electrons. The van der Waals surface area contributed by atoms with Crippen molar-refractivity contribution in [2.75, 3.05) is 37.6 Å². The molecule has 176 valence electrons. The van der Waals surface area contributed by atoms with Gasteiger partial charge in [0.05, 0.1) is 17.9 Å². The van der Waals surface area contributed by atoms with E-state index >= 15 is 0 Å². The molecule has 0 N–H and O–H groups in total. The van der Waals surface area contributed by atoms with Crippen LogP contribution in [0.2, 0.25) is 0 Å². The average molecular weight is 440 g/mol. The maximum Gasteiger partial charge on any atom is 0.223 e. The molecule has 3 rings (SSSR count). The number of para-hydroxylation sites is 1. The second kappa shape index (κ2) is 11.0. The first kappa shape index (κ1) is 24.3. The Morgan fingerprint density at radius 2 is 1.72 bits per heavy atom. The molecule has 6 heteroatoms. The zero-order valence-electron chi connectivity index (χ0n) is 20.8. The van der Waals surface area contributed by atoms with Crippen LogP contribution in [0.4, 0.5) is 5.82 Å². The van der Waals surface area contributed by atoms with Crippen LogP contribution in [-0.4, -0.2) is 64.3 Å². The summed E-state index contributed by atoms with van der Waals surface area (Å²) >= 11 is 0. The van der Waals surface area contributed by atoms with Gasteiger partial charge in [-0.1, -0.05) is 45.9 Å². The second-order valence-corrected chi connectivity index (χ2v) is 9.43. The minimum Gasteiger partial charge on any atom is -0.354 e. The molecule has 0 saturated carbocycles. The zero-order chi connectivity index (χ0) is 23.3. The molecule has 2 heterocycles. The third-order valence-corrected chi connectivity index (χ3v) is 6.63. The van der Waals surface area contributed by atoms with Crippen molar-refractivity contribution in [1.29, 1.82) is 0 Å². The van der Waals surface area contributed by atoms with Crippen molar-refractivity contribution >= 4 is 11.7 Å². The number of likely N-dealkylation sites (N-methyl/N-ethyl adjacent to an activating group) is 1. The van der Waals surface area contributed by atoms with Crippen LogP contribution >= 0.6 is 0 Å². The lowest BCUT2D eigenvalue weighted by Crippen LogP contribution is -2.47. The molecule has 32 heavy (non-hydrogen) atoms. The number of piperazine rings is 1. The van der Waals surface area contributed by atoms with Crippen molar-refractivity contribution in [3.63, 3.8) is 0 Å². The molecule has 1 aromatic carbocycles. The van der Waals surface area contributed by atoms with E-state index < -0.39 is 0 Å². The first-order valence-corrected chi connectivity index (χ1v) is 12.3. The monoisotopic (exact) mass is 439 g/mol. The Morgan fingerprint density at radius 3 is 2.28 bits per heavy atom. The maximum absolute atomic E-state index is 13.2. The summed E-state index contributed by atoms with van der Waals surface area (Å²) in [5.41, 5.74) is 3.25. The summed E-state index contributed by atoms with van der Waals surface area (Å²) in [4.78, 5) is 20.2. The van der Waals surface area contributed by atoms with E-state index in [4.69, 9.17) is 5.10 Å². The molecule has 1 fully saturated rings. The molecule has 0 bridgehead atoms. The lowest BCUT2D eigenvalue weighted by atomic mass is 10.1. The van der Waals surface area contributed by atoms with Crippen LogP contribution in [0.3, 0.4) is 0 Å². The van der Waals surface area contributed by atoms with E-state index in [0.717, 1.165) is 56.3 Å². The van der Waals surface area contributed by atoms with Crippen molar-refractivity contribution in [2.45, 2.75) is 67.0 Å². The Hall–Kier alpha value is -2.34. The third-order valence-electron chi connectivity index (χ3n) is 6.63. The lowest BCUT2D eigenvalue weighted by molar-refractivity contribution is -0.134. The van der Waals surface area contributed by atoms with Gasteiger partial charge in [-0.3, -0.25) is 4.79 Å². The van der Waals surface area contributed by atoms with Crippen molar-refractivity contribution in [3.05, 3.63) is 41.6 Å². The Labute approximate surface area is 194 Å². The fourth-order valence-corrected chi connectivity index (χ4v) is 4.43. The topological polar surface area (TPSA) is 44.6 Å². The normalized spacial score (nSPS) is 15.9. The Bertz CT molecular complexity index is 868. The van der Waals surface area contributed by atoms with Crippen LogP contribution in [0.5, 0.6) is 0 Å². The molecule has 1 atom stereocenters. The number of amides is 1. The highest BCUT2D eigenvalue weighted by atomic mass is 16.2. The fraction of sp³-hybridized carbons (Fsp3) is 0.615. The van der Waals surface area contributed by atoms with E-state index in [2.05, 4.69) is 85.2 Å². The summed E-state index contributed by atoms with van der Waals surface area (Å²) in [5, 5.41) is 4.98. The van der Waals surface area contributed by atoms with E-state index in [9.17, 15) is 4.79 Å². The Kier molecular flexibility index (Phi) is 8.35. The number of hydrogen-bond donors (Lipinski definition) is 0. The van der Waals surface area contributed by atoms with Gasteiger partial charge in [-0.15, -0.1) is 0 Å². The van der Waals surface area contributed by atoms with Gasteiger partial charge in [-0.05, 0) is 44.9 Å². The molecule has 1 saturated heterocycles. The van der Waals surface area contributed by atoms with Crippen LogP contribution in [0.15, 0.2) is 30.3 Å². The molecule has 0 aliphatic carbocycles. The Balaban J connectivity index is 2.02. The van der Waals surface area contributed by atoms with Crippen LogP contribution in [-0.2, 0) is 11.3 Å². The summed E-state index contributed by atoms with van der Waals surface area (Å²) in [6, 6.07) is 10.6. The number of benzene rings is 1. The van der Waals surface area contributed by atoms with Crippen LogP contribution in [0.25, 0.3) is 5.69 Å². The number of aromatic nitrogens is 2. The average Bonchev–Trinajstić information content (AvgIpc) is 3.12. The van der Waals surface area contributed by atoms with Crippen molar-refractivity contribution in [3.8, 4) is 5.69 Å². The van der Waals surface area contributed by atoms with E-state index in [1.54, 1.807) is 0 Å². The maximum atomic E-state index is 13.2. The van der Waals surface area contributed by atoms with Gasteiger partial charge in [-0.25, -0.2) is 4.68 Å². The minimum absolute atomic E-state index is 0.200. The molecule has 2 aromatic rings. The minimum atomic E-state index is 0.200. The highest BCUT2D eigenvalue weighted by Crippen LogP contribution is 2.30. The lowest BCUT2D eigenvalue weighted by Gasteiger charge is -2.37. The molecule has 1 aliphatic heterocycles. The van der Waals surface area contributed by atoms with E-state index in [0.29, 0.717) is 18.9 Å². The third kappa shape index (κ3) is 5.52. The van der Waals surface area contributed by atoms with Crippen LogP contribution in [0, 0.1) is 12.8 Å². The molecule has 1 aromatic heterocycles. The molecule has 0 spiro atoms. The first-order valence-electron chi connectivity index (χ1n) is 12.3. The van der Waals surface area contributed by atoms with E-state index in [-0.39, 0.29) is 11.9 Å². The van der Waals surface area contributed by atoms with Crippen LogP contribution in [0.1, 0.15) is 58.7 Å². The van der Waals surface area contributed by atoms with Crippen molar-refractivity contribution in [2.24, 2.45) is 5.92 Å². The van der Waals surface area contributed by atoms with Gasteiger partial charge in [0.15, 0.2) is 0 Å². The van der Waals surface area contributed by atoms with Gasteiger partial charge >= 0.3 is 0 Å². The number of hydrogen-bond acceptors (Lipinski definition) is 4. The molecule has 1 aliphatic rings. The van der Waals surface area contributed by atoms with Gasteiger partial charge in [0.25, 0.3) is 0 Å². The quantitative estimate of drug-likeness (QED) is 0.577. The van der Waals surface area contributed by atoms with E-state index in [1.807, 2.05) is 6.07 Å². The number of aryl methyl sites for hydroxylation is 1. The molecule has 0 unspecified atom stereocenters. The highest BCUT2D eigenvalue weighted by molar-refractivity contribution is 5.77. The number of carbonyl (C=O) groups is 1. The molecule has 1 amide bonds. The van der Waals surface area contributed by atoms with Gasteiger partial charge in [0.1, 0.15) is 5.82 Å². The van der Waals surface area contributed by atoms with Crippen molar-refractivity contribution in [1.82, 2.24) is 19.6 Å². The first-order chi connectivity index (χ1) is 15.3. The van der Waals surface area contributed by atoms with E-state index in [1.165, 1.54) is 5.56 Å². The summed E-state index contributed by atoms with van der Waals surface area (Å²) in [6.45, 7) is 18.6. The predicted molar refractivity (Wildman–Crippen MR) is 132 cm³/mol. The number of rotatable bonds is 9. The van der Waals surface area contributed by atoms with Crippen LogP contribution < -0.4 is 4.90 Å². The SMILES string of the molecule is CC[C@@H](C)N(Cc1c(C)nn(-c2ccccc2)c1N1CCN(CC)CC1)C(=O)CC(C)C. The predicted octanol–water partition coefficient (Wildman–Crippen LogP) is 4.50. The summed E-state index contributed by atoms with van der Waals surface area (Å²) in [6.07, 6.45) is 1.53. The smallest absolute Gasteiger partial charge is 0.223 e. The van der Waals surface area contributed by atoms with Gasteiger partial charge in [0.2, 0.25) is 5.91 Å². The molecular weight excluding hydrogens is 398 g/mol. The number of nitrogens with zero attached hydrogens (tertiary/aromatic N) is 5. The molecule has 6 nitrogen and oxygen atoms in total. The van der Waals surface area contributed by atoms with Gasteiger partial charge in [-0.2, -0.15) is 5.10 Å². The number of anilines is 1. The van der Waals surface area contributed by atoms with Gasteiger partial charge in [0, 0.05) is 44.2 Å². The Morgan fingerprint density at radius 1 is 1.06 bits per heavy atom. The number of carbonyl (C=O) groups excluding carboxylic acids is 1. The summed E-state index contributed by atoms with van der Waals surface area (Å²) in [7, 11) is 0. The zero-order valence-corrected chi connectivity index (χ0v) is 20.8. The fourth-order valence-electron chi connectivity index (χ4n) is 4.43. The second-order valence-electron chi connectivity index (χ2n) is 9.43. The standard InChI is InChI=1S/C26H41N5O/c1-7-21(5)30(25(32)18-20(3)4)19-24-22(6)27-31(23-12-10-9-11-13-23)26(24)29-16-14-28(8-2)15-17-29/h9-13,20-21H,7-8,14-19H2,1-6H3/t21-/m1/s1. The van der Waals surface area contributed by atoms with Crippen molar-refractivity contribution < 1.29 is 4.79 Å². The summed E-state index contributed by atoms with van der Waals surface area (Å²) in [5.74, 6) is 1.74. The van der Waals surface area contributed by atoms with Gasteiger partial charge < -0.3 is 14.7 Å².